The fourth-order valence-electron chi connectivity index (χ4n) is 4.24. The SMILES string of the molecule is CCN(CC)CCN(CCN(CC)CC)C(=O)C(=O)Nc1ccc(C(=O)NC(C)CN(CC)CC)c(Cl)c1. The highest BCUT2D eigenvalue weighted by Gasteiger charge is 2.23. The molecule has 0 bridgehead atoms. The minimum Gasteiger partial charge on any atom is -0.348 e. The van der Waals surface area contributed by atoms with E-state index in [0.717, 1.165) is 45.8 Å². The zero-order valence-corrected chi connectivity index (χ0v) is 25.2. The lowest BCUT2D eigenvalue weighted by Crippen LogP contribution is -2.46. The molecule has 2 N–H and O–H groups in total. The van der Waals surface area contributed by atoms with Gasteiger partial charge in [-0.1, -0.05) is 53.1 Å². The molecule has 1 rings (SSSR count). The summed E-state index contributed by atoms with van der Waals surface area (Å²) >= 11 is 6.40. The van der Waals surface area contributed by atoms with Crippen LogP contribution in [0.4, 0.5) is 5.69 Å². The molecule has 10 heteroatoms. The zero-order valence-electron chi connectivity index (χ0n) is 24.5. The number of carbonyl (C=O) groups excluding carboxylic acids is 3. The minimum atomic E-state index is -0.717. The van der Waals surface area contributed by atoms with E-state index in [9.17, 15) is 14.4 Å². The Balaban J connectivity index is 2.88. The van der Waals surface area contributed by atoms with Crippen LogP contribution in [0.5, 0.6) is 0 Å². The Hall–Kier alpha value is -2.20. The van der Waals surface area contributed by atoms with E-state index < -0.39 is 11.8 Å². The molecule has 38 heavy (non-hydrogen) atoms. The monoisotopic (exact) mass is 552 g/mol. The Morgan fingerprint density at radius 3 is 1.74 bits per heavy atom. The molecule has 1 aromatic carbocycles. The third kappa shape index (κ3) is 11.3. The molecule has 0 saturated carbocycles. The van der Waals surface area contributed by atoms with Crippen molar-refractivity contribution in [3.63, 3.8) is 0 Å². The lowest BCUT2D eigenvalue weighted by Gasteiger charge is -2.28. The van der Waals surface area contributed by atoms with Crippen molar-refractivity contribution >= 4 is 35.0 Å². The summed E-state index contributed by atoms with van der Waals surface area (Å²) in [4.78, 5) is 47.1. The van der Waals surface area contributed by atoms with Crippen LogP contribution in [0.25, 0.3) is 0 Å². The highest BCUT2D eigenvalue weighted by atomic mass is 35.5. The molecule has 0 aliphatic carbocycles. The first-order valence-corrected chi connectivity index (χ1v) is 14.4. The van der Waals surface area contributed by atoms with Crippen molar-refractivity contribution < 1.29 is 14.4 Å². The van der Waals surface area contributed by atoms with Crippen LogP contribution in [0.1, 0.15) is 58.8 Å². The molecule has 0 fully saturated rings. The van der Waals surface area contributed by atoms with Gasteiger partial charge >= 0.3 is 11.8 Å². The van der Waals surface area contributed by atoms with Crippen LogP contribution in [0.2, 0.25) is 5.02 Å². The van der Waals surface area contributed by atoms with Crippen molar-refractivity contribution in [2.75, 3.05) is 77.3 Å². The van der Waals surface area contributed by atoms with E-state index in [0.29, 0.717) is 37.4 Å². The number of anilines is 1. The van der Waals surface area contributed by atoms with Crippen molar-refractivity contribution in [2.24, 2.45) is 0 Å². The van der Waals surface area contributed by atoms with Crippen LogP contribution in [0.15, 0.2) is 18.2 Å². The van der Waals surface area contributed by atoms with Gasteiger partial charge in [0.05, 0.1) is 10.6 Å². The fourth-order valence-corrected chi connectivity index (χ4v) is 4.51. The van der Waals surface area contributed by atoms with Gasteiger partial charge in [-0.3, -0.25) is 14.4 Å². The highest BCUT2D eigenvalue weighted by Crippen LogP contribution is 2.21. The summed E-state index contributed by atoms with van der Waals surface area (Å²) < 4.78 is 0. The summed E-state index contributed by atoms with van der Waals surface area (Å²) in [5.41, 5.74) is 0.691. The summed E-state index contributed by atoms with van der Waals surface area (Å²) in [5, 5.41) is 5.85. The average molecular weight is 553 g/mol. The molecule has 0 radical (unpaired) electrons. The minimum absolute atomic E-state index is 0.0471. The second-order valence-electron chi connectivity index (χ2n) is 9.36. The molecule has 0 aliphatic rings. The molecular weight excluding hydrogens is 504 g/mol. The highest BCUT2D eigenvalue weighted by molar-refractivity contribution is 6.40. The molecule has 0 aliphatic heterocycles. The lowest BCUT2D eigenvalue weighted by atomic mass is 10.1. The molecule has 1 aromatic rings. The van der Waals surface area contributed by atoms with Crippen LogP contribution < -0.4 is 10.6 Å². The van der Waals surface area contributed by atoms with E-state index in [1.54, 1.807) is 17.0 Å². The average Bonchev–Trinajstić information content (AvgIpc) is 2.90. The van der Waals surface area contributed by atoms with Crippen LogP contribution in [-0.4, -0.2) is 115 Å². The Morgan fingerprint density at radius 1 is 0.789 bits per heavy atom. The first-order chi connectivity index (χ1) is 18.1. The Bertz CT molecular complexity index is 856. The maximum atomic E-state index is 13.1. The van der Waals surface area contributed by atoms with Crippen molar-refractivity contribution in [1.82, 2.24) is 24.9 Å². The Kier molecular flexibility index (Phi) is 16.2. The summed E-state index contributed by atoms with van der Waals surface area (Å²) in [6.07, 6.45) is 0. The second-order valence-corrected chi connectivity index (χ2v) is 9.76. The van der Waals surface area contributed by atoms with Crippen LogP contribution in [0.3, 0.4) is 0 Å². The van der Waals surface area contributed by atoms with Gasteiger partial charge in [-0.15, -0.1) is 0 Å². The number of halogens is 1. The number of likely N-dealkylation sites (N-methyl/N-ethyl adjacent to an activating group) is 3. The topological polar surface area (TPSA) is 88.2 Å². The van der Waals surface area contributed by atoms with Gasteiger partial charge in [0.2, 0.25) is 0 Å². The van der Waals surface area contributed by atoms with Gasteiger partial charge in [-0.25, -0.2) is 0 Å². The van der Waals surface area contributed by atoms with Gasteiger partial charge in [-0.05, 0) is 64.4 Å². The maximum absolute atomic E-state index is 13.1. The molecule has 216 valence electrons. The van der Waals surface area contributed by atoms with Crippen LogP contribution in [0, 0.1) is 0 Å². The fraction of sp³-hybridized carbons (Fsp3) is 0.679. The van der Waals surface area contributed by atoms with Gasteiger partial charge < -0.3 is 30.2 Å². The molecule has 1 atom stereocenters. The third-order valence-corrected chi connectivity index (χ3v) is 7.23. The molecule has 1 unspecified atom stereocenters. The summed E-state index contributed by atoms with van der Waals surface area (Å²) in [6.45, 7) is 22.9. The molecule has 0 heterocycles. The molecule has 3 amide bonds. The maximum Gasteiger partial charge on any atom is 0.313 e. The standard InChI is InChI=1S/C28H49ClN6O3/c1-8-32(9-2)16-18-35(19-17-33(10-3)11-4)28(38)27(37)31-23-14-15-24(25(29)20-23)26(36)30-22(7)21-34(12-5)13-6/h14-15,20,22H,8-13,16-19,21H2,1-7H3,(H,30,36)(H,31,37). The number of nitrogens with zero attached hydrogens (tertiary/aromatic N) is 4. The van der Waals surface area contributed by atoms with E-state index in [1.807, 2.05) is 6.92 Å². The van der Waals surface area contributed by atoms with Crippen molar-refractivity contribution in [3.8, 4) is 0 Å². The Morgan fingerprint density at radius 2 is 1.29 bits per heavy atom. The number of carbonyl (C=O) groups is 3. The normalized spacial score (nSPS) is 12.2. The first kappa shape index (κ1) is 33.8. The summed E-state index contributed by atoms with van der Waals surface area (Å²) in [6, 6.07) is 4.62. The summed E-state index contributed by atoms with van der Waals surface area (Å²) in [5.74, 6) is -1.57. The van der Waals surface area contributed by atoms with Crippen molar-refractivity contribution in [3.05, 3.63) is 28.8 Å². The number of amides is 3. The van der Waals surface area contributed by atoms with E-state index in [4.69, 9.17) is 11.6 Å². The zero-order chi connectivity index (χ0) is 28.7. The van der Waals surface area contributed by atoms with Gasteiger partial charge in [0, 0.05) is 44.5 Å². The number of hydrogen-bond donors (Lipinski definition) is 2. The largest absolute Gasteiger partial charge is 0.348 e. The summed E-state index contributed by atoms with van der Waals surface area (Å²) in [7, 11) is 0. The van der Waals surface area contributed by atoms with E-state index >= 15 is 0 Å². The lowest BCUT2D eigenvalue weighted by molar-refractivity contribution is -0.143. The number of nitrogens with one attached hydrogen (secondary N) is 2. The predicted octanol–water partition coefficient (Wildman–Crippen LogP) is 3.25. The van der Waals surface area contributed by atoms with Crippen LogP contribution >= 0.6 is 11.6 Å². The van der Waals surface area contributed by atoms with E-state index in [1.165, 1.54) is 6.07 Å². The van der Waals surface area contributed by atoms with Gasteiger partial charge in [-0.2, -0.15) is 0 Å². The van der Waals surface area contributed by atoms with Gasteiger partial charge in [0.25, 0.3) is 5.91 Å². The third-order valence-electron chi connectivity index (χ3n) is 6.92. The van der Waals surface area contributed by atoms with Crippen LogP contribution in [-0.2, 0) is 9.59 Å². The van der Waals surface area contributed by atoms with Crippen molar-refractivity contribution in [2.45, 2.75) is 54.5 Å². The van der Waals surface area contributed by atoms with Crippen molar-refractivity contribution in [1.29, 1.82) is 0 Å². The second kappa shape index (κ2) is 18.2. The number of benzene rings is 1. The molecule has 0 spiro atoms. The predicted molar refractivity (Wildman–Crippen MR) is 157 cm³/mol. The molecule has 9 nitrogen and oxygen atoms in total. The Labute approximate surface area is 234 Å². The van der Waals surface area contributed by atoms with E-state index in [2.05, 4.69) is 66.9 Å². The first-order valence-electron chi connectivity index (χ1n) is 14.0. The van der Waals surface area contributed by atoms with Gasteiger partial charge in [0.1, 0.15) is 0 Å². The van der Waals surface area contributed by atoms with E-state index in [-0.39, 0.29) is 17.0 Å². The quantitative estimate of drug-likeness (QED) is 0.288. The molecular formula is C28H49ClN6O3. The number of rotatable bonds is 17. The number of hydrogen-bond acceptors (Lipinski definition) is 6. The smallest absolute Gasteiger partial charge is 0.313 e. The molecule has 0 saturated heterocycles. The molecule has 0 aromatic heterocycles. The van der Waals surface area contributed by atoms with Gasteiger partial charge in [0.15, 0.2) is 0 Å².